The topological polar surface area (TPSA) is 55.1 Å². The van der Waals surface area contributed by atoms with Gasteiger partial charge in [0.1, 0.15) is 0 Å². The molecule has 1 aromatic carbocycles. The SMILES string of the molecule is Cc1ccc(CCC(=O)NCCN)cc1.Cl. The van der Waals surface area contributed by atoms with Gasteiger partial charge in [0, 0.05) is 19.5 Å². The van der Waals surface area contributed by atoms with Gasteiger partial charge in [0.2, 0.25) is 5.91 Å². The summed E-state index contributed by atoms with van der Waals surface area (Å²) in [6.45, 7) is 3.11. The third-order valence-corrected chi connectivity index (χ3v) is 2.23. The van der Waals surface area contributed by atoms with Crippen LogP contribution in [0.4, 0.5) is 0 Å². The number of aryl methyl sites for hydroxylation is 2. The lowest BCUT2D eigenvalue weighted by molar-refractivity contribution is -0.120. The summed E-state index contributed by atoms with van der Waals surface area (Å²) in [5.41, 5.74) is 7.73. The Morgan fingerprint density at radius 1 is 1.31 bits per heavy atom. The molecule has 0 atom stereocenters. The number of nitrogens with one attached hydrogen (secondary N) is 1. The molecule has 0 unspecified atom stereocenters. The Morgan fingerprint density at radius 2 is 1.94 bits per heavy atom. The molecular weight excluding hydrogens is 224 g/mol. The maximum Gasteiger partial charge on any atom is 0.220 e. The summed E-state index contributed by atoms with van der Waals surface area (Å²) in [6, 6.07) is 8.25. The summed E-state index contributed by atoms with van der Waals surface area (Å²) in [6.07, 6.45) is 1.32. The molecule has 1 rings (SSSR count). The molecule has 90 valence electrons. The van der Waals surface area contributed by atoms with E-state index in [1.54, 1.807) is 0 Å². The van der Waals surface area contributed by atoms with E-state index in [0.717, 1.165) is 6.42 Å². The lowest BCUT2D eigenvalue weighted by Crippen LogP contribution is -2.29. The summed E-state index contributed by atoms with van der Waals surface area (Å²) >= 11 is 0. The molecule has 0 bridgehead atoms. The standard InChI is InChI=1S/C12H18N2O.ClH/c1-10-2-4-11(5-3-10)6-7-12(15)14-9-8-13;/h2-5H,6-9,13H2,1H3,(H,14,15);1H. The molecule has 1 aromatic rings. The van der Waals surface area contributed by atoms with Crippen LogP contribution in [0.3, 0.4) is 0 Å². The summed E-state index contributed by atoms with van der Waals surface area (Å²) in [5, 5.41) is 2.75. The fourth-order valence-corrected chi connectivity index (χ4v) is 1.31. The van der Waals surface area contributed by atoms with Crippen molar-refractivity contribution in [1.82, 2.24) is 5.32 Å². The van der Waals surface area contributed by atoms with Gasteiger partial charge in [-0.15, -0.1) is 12.4 Å². The molecular formula is C12H19ClN2O. The van der Waals surface area contributed by atoms with E-state index in [2.05, 4.69) is 36.5 Å². The van der Waals surface area contributed by atoms with Gasteiger partial charge in [-0.25, -0.2) is 0 Å². The highest BCUT2D eigenvalue weighted by atomic mass is 35.5. The van der Waals surface area contributed by atoms with Crippen molar-refractivity contribution in [2.45, 2.75) is 19.8 Å². The van der Waals surface area contributed by atoms with Crippen LogP contribution in [0.2, 0.25) is 0 Å². The molecule has 0 radical (unpaired) electrons. The summed E-state index contributed by atoms with van der Waals surface area (Å²) in [4.78, 5) is 11.3. The zero-order chi connectivity index (χ0) is 11.1. The van der Waals surface area contributed by atoms with Crippen molar-refractivity contribution in [2.75, 3.05) is 13.1 Å². The van der Waals surface area contributed by atoms with Crippen LogP contribution in [-0.2, 0) is 11.2 Å². The van der Waals surface area contributed by atoms with Gasteiger partial charge in [-0.05, 0) is 18.9 Å². The summed E-state index contributed by atoms with van der Waals surface area (Å²) in [5.74, 6) is 0.0704. The molecule has 0 saturated heterocycles. The number of nitrogens with two attached hydrogens (primary N) is 1. The van der Waals surface area contributed by atoms with Gasteiger partial charge in [-0.3, -0.25) is 4.79 Å². The Labute approximate surface area is 103 Å². The zero-order valence-corrected chi connectivity index (χ0v) is 10.3. The minimum Gasteiger partial charge on any atom is -0.355 e. The second kappa shape index (κ2) is 8.13. The summed E-state index contributed by atoms with van der Waals surface area (Å²) in [7, 11) is 0. The fourth-order valence-electron chi connectivity index (χ4n) is 1.31. The van der Waals surface area contributed by atoms with Crippen LogP contribution >= 0.6 is 12.4 Å². The average Bonchev–Trinajstić information content (AvgIpc) is 2.25. The third kappa shape index (κ3) is 5.73. The van der Waals surface area contributed by atoms with Gasteiger partial charge in [0.25, 0.3) is 0 Å². The van der Waals surface area contributed by atoms with E-state index >= 15 is 0 Å². The van der Waals surface area contributed by atoms with E-state index in [0.29, 0.717) is 19.5 Å². The Balaban J connectivity index is 0.00000225. The van der Waals surface area contributed by atoms with Crippen molar-refractivity contribution < 1.29 is 4.79 Å². The van der Waals surface area contributed by atoms with Crippen molar-refractivity contribution in [3.8, 4) is 0 Å². The highest BCUT2D eigenvalue weighted by molar-refractivity contribution is 5.85. The number of rotatable bonds is 5. The number of benzene rings is 1. The smallest absolute Gasteiger partial charge is 0.220 e. The molecule has 0 aliphatic carbocycles. The second-order valence-corrected chi connectivity index (χ2v) is 3.62. The number of hydrogen-bond donors (Lipinski definition) is 2. The maximum absolute atomic E-state index is 11.3. The minimum atomic E-state index is 0. The first kappa shape index (κ1) is 14.9. The molecule has 0 saturated carbocycles. The molecule has 0 aliphatic heterocycles. The Bertz CT molecular complexity index is 311. The predicted octanol–water partition coefficient (Wildman–Crippen LogP) is 1.42. The maximum atomic E-state index is 11.3. The number of carbonyl (C=O) groups is 1. The fraction of sp³-hybridized carbons (Fsp3) is 0.417. The quantitative estimate of drug-likeness (QED) is 0.821. The minimum absolute atomic E-state index is 0. The molecule has 0 heterocycles. The first-order valence-electron chi connectivity index (χ1n) is 5.24. The Hall–Kier alpha value is -1.06. The van der Waals surface area contributed by atoms with Crippen molar-refractivity contribution >= 4 is 18.3 Å². The van der Waals surface area contributed by atoms with Gasteiger partial charge in [0.05, 0.1) is 0 Å². The molecule has 0 fully saturated rings. The molecule has 0 spiro atoms. The first-order chi connectivity index (χ1) is 7.22. The number of carbonyl (C=O) groups excluding carboxylic acids is 1. The Kier molecular flexibility index (Phi) is 7.60. The molecule has 1 amide bonds. The van der Waals surface area contributed by atoms with E-state index in [9.17, 15) is 4.79 Å². The lowest BCUT2D eigenvalue weighted by Gasteiger charge is -2.03. The highest BCUT2D eigenvalue weighted by Gasteiger charge is 2.00. The number of amides is 1. The monoisotopic (exact) mass is 242 g/mol. The van der Waals surface area contributed by atoms with Crippen LogP contribution in [0.5, 0.6) is 0 Å². The summed E-state index contributed by atoms with van der Waals surface area (Å²) < 4.78 is 0. The van der Waals surface area contributed by atoms with Crippen molar-refractivity contribution in [3.05, 3.63) is 35.4 Å². The lowest BCUT2D eigenvalue weighted by atomic mass is 10.1. The van der Waals surface area contributed by atoms with Crippen molar-refractivity contribution in [3.63, 3.8) is 0 Å². The van der Waals surface area contributed by atoms with Crippen LogP contribution in [-0.4, -0.2) is 19.0 Å². The largest absolute Gasteiger partial charge is 0.355 e. The predicted molar refractivity (Wildman–Crippen MR) is 68.8 cm³/mol. The van der Waals surface area contributed by atoms with Crippen LogP contribution in [0.25, 0.3) is 0 Å². The zero-order valence-electron chi connectivity index (χ0n) is 9.53. The van der Waals surface area contributed by atoms with Gasteiger partial charge in [0.15, 0.2) is 0 Å². The van der Waals surface area contributed by atoms with Crippen molar-refractivity contribution in [1.29, 1.82) is 0 Å². The molecule has 3 nitrogen and oxygen atoms in total. The molecule has 0 aromatic heterocycles. The van der Waals surface area contributed by atoms with Crippen LogP contribution < -0.4 is 11.1 Å². The van der Waals surface area contributed by atoms with E-state index < -0.39 is 0 Å². The van der Waals surface area contributed by atoms with Gasteiger partial charge < -0.3 is 11.1 Å². The van der Waals surface area contributed by atoms with Gasteiger partial charge in [-0.1, -0.05) is 29.8 Å². The van der Waals surface area contributed by atoms with Crippen LogP contribution in [0, 0.1) is 6.92 Å². The third-order valence-electron chi connectivity index (χ3n) is 2.23. The van der Waals surface area contributed by atoms with E-state index in [1.165, 1.54) is 11.1 Å². The molecule has 3 N–H and O–H groups in total. The van der Waals surface area contributed by atoms with Gasteiger partial charge >= 0.3 is 0 Å². The number of hydrogen-bond acceptors (Lipinski definition) is 2. The van der Waals surface area contributed by atoms with E-state index in [1.807, 2.05) is 0 Å². The van der Waals surface area contributed by atoms with E-state index in [-0.39, 0.29) is 18.3 Å². The normalized spacial score (nSPS) is 9.38. The first-order valence-corrected chi connectivity index (χ1v) is 5.24. The number of halogens is 1. The highest BCUT2D eigenvalue weighted by Crippen LogP contribution is 2.05. The molecule has 0 aliphatic rings. The van der Waals surface area contributed by atoms with E-state index in [4.69, 9.17) is 5.73 Å². The Morgan fingerprint density at radius 3 is 2.50 bits per heavy atom. The molecule has 16 heavy (non-hydrogen) atoms. The molecule has 4 heteroatoms. The average molecular weight is 243 g/mol. The van der Waals surface area contributed by atoms with Crippen LogP contribution in [0.1, 0.15) is 17.5 Å². The van der Waals surface area contributed by atoms with Gasteiger partial charge in [-0.2, -0.15) is 0 Å². The van der Waals surface area contributed by atoms with Crippen LogP contribution in [0.15, 0.2) is 24.3 Å². The van der Waals surface area contributed by atoms with Crippen molar-refractivity contribution in [2.24, 2.45) is 5.73 Å². The second-order valence-electron chi connectivity index (χ2n) is 3.62.